The summed E-state index contributed by atoms with van der Waals surface area (Å²) in [6, 6.07) is 5.65. The monoisotopic (exact) mass is 258 g/mol. The first kappa shape index (κ1) is 14.9. The van der Waals surface area contributed by atoms with Crippen LogP contribution in [0.2, 0.25) is 0 Å². The second-order valence-corrected chi connectivity index (χ2v) is 5.01. The molecule has 0 radical (unpaired) electrons. The molecule has 102 valence electrons. The number of nitrogens with two attached hydrogens (primary N) is 1. The summed E-state index contributed by atoms with van der Waals surface area (Å²) in [5.74, 6) is 0.206. The molecule has 0 aromatic heterocycles. The normalized spacial score (nSPS) is 13.4. The summed E-state index contributed by atoms with van der Waals surface area (Å²) in [6.45, 7) is 4.40. The number of hydrogen-bond acceptors (Lipinski definition) is 3. The molecule has 0 fully saturated rings. The second kappa shape index (κ2) is 6.68. The number of aliphatic hydroxyl groups excluding tert-OH is 2. The van der Waals surface area contributed by atoms with Crippen LogP contribution in [0.3, 0.4) is 0 Å². The highest BCUT2D eigenvalue weighted by atomic mass is 19.1. The molecule has 0 bridgehead atoms. The van der Waals surface area contributed by atoms with Crippen LogP contribution in [-0.2, 0) is 0 Å². The fraction of sp³-hybridized carbons (Fsp3) is 0.538. The van der Waals surface area contributed by atoms with Crippen molar-refractivity contribution in [3.05, 3.63) is 30.1 Å². The first-order valence-corrected chi connectivity index (χ1v) is 5.94. The standard InChI is InChI=1S/C13H20FNO3/c1-13(2,9-16)15-7-11(17)8-18-12-5-3-10(14)4-6-12/h3-6,11,15-17H,7-9H2,1-2H3/p+1/t11-/m0/s1. The van der Waals surface area contributed by atoms with Gasteiger partial charge < -0.3 is 20.3 Å². The van der Waals surface area contributed by atoms with Gasteiger partial charge in [0.25, 0.3) is 0 Å². The molecule has 0 spiro atoms. The van der Waals surface area contributed by atoms with E-state index in [1.165, 1.54) is 24.3 Å². The third kappa shape index (κ3) is 5.44. The van der Waals surface area contributed by atoms with Crippen molar-refractivity contribution < 1.29 is 24.7 Å². The van der Waals surface area contributed by atoms with E-state index < -0.39 is 6.10 Å². The van der Waals surface area contributed by atoms with Crippen molar-refractivity contribution in [2.75, 3.05) is 19.8 Å². The molecule has 0 aliphatic carbocycles. The van der Waals surface area contributed by atoms with E-state index in [9.17, 15) is 9.50 Å². The number of hydrogen-bond donors (Lipinski definition) is 3. The zero-order chi connectivity index (χ0) is 13.6. The molecular weight excluding hydrogens is 237 g/mol. The van der Waals surface area contributed by atoms with Crippen molar-refractivity contribution in [3.8, 4) is 5.75 Å². The largest absolute Gasteiger partial charge is 0.491 e. The fourth-order valence-corrected chi connectivity index (χ4v) is 1.31. The zero-order valence-corrected chi connectivity index (χ0v) is 10.8. The third-order valence-electron chi connectivity index (χ3n) is 2.61. The maximum absolute atomic E-state index is 12.6. The van der Waals surface area contributed by atoms with Gasteiger partial charge in [0.2, 0.25) is 0 Å². The molecule has 4 nitrogen and oxygen atoms in total. The molecule has 1 rings (SSSR count). The van der Waals surface area contributed by atoms with Gasteiger partial charge in [-0.15, -0.1) is 0 Å². The van der Waals surface area contributed by atoms with E-state index in [0.717, 1.165) is 0 Å². The molecule has 0 aliphatic heterocycles. The molecule has 0 heterocycles. The number of quaternary nitrogens is 1. The molecule has 18 heavy (non-hydrogen) atoms. The van der Waals surface area contributed by atoms with E-state index >= 15 is 0 Å². The van der Waals surface area contributed by atoms with Gasteiger partial charge in [-0.2, -0.15) is 0 Å². The van der Waals surface area contributed by atoms with Crippen LogP contribution in [0.15, 0.2) is 24.3 Å². The molecule has 0 unspecified atom stereocenters. The van der Waals surface area contributed by atoms with Crippen LogP contribution in [0.4, 0.5) is 4.39 Å². The van der Waals surface area contributed by atoms with Gasteiger partial charge in [0, 0.05) is 0 Å². The van der Waals surface area contributed by atoms with Crippen LogP contribution in [-0.4, -0.2) is 41.6 Å². The number of halogens is 1. The van der Waals surface area contributed by atoms with E-state index in [4.69, 9.17) is 9.84 Å². The maximum Gasteiger partial charge on any atom is 0.137 e. The van der Waals surface area contributed by atoms with Crippen molar-refractivity contribution >= 4 is 0 Å². The van der Waals surface area contributed by atoms with Gasteiger partial charge >= 0.3 is 0 Å². The summed E-state index contributed by atoms with van der Waals surface area (Å²) < 4.78 is 18.0. The Hall–Kier alpha value is -1.17. The topological polar surface area (TPSA) is 66.3 Å². The van der Waals surface area contributed by atoms with Crippen LogP contribution in [0.1, 0.15) is 13.8 Å². The van der Waals surface area contributed by atoms with Crippen molar-refractivity contribution in [1.82, 2.24) is 0 Å². The SMILES string of the molecule is CC(C)(CO)[NH2+]C[C@H](O)COc1ccc(F)cc1. The Kier molecular flexibility index (Phi) is 5.53. The van der Waals surface area contributed by atoms with Gasteiger partial charge in [0.1, 0.15) is 36.4 Å². The van der Waals surface area contributed by atoms with Crippen molar-refractivity contribution in [2.45, 2.75) is 25.5 Å². The van der Waals surface area contributed by atoms with E-state index in [0.29, 0.717) is 12.3 Å². The first-order valence-electron chi connectivity index (χ1n) is 5.94. The number of ether oxygens (including phenoxy) is 1. The fourth-order valence-electron chi connectivity index (χ4n) is 1.31. The molecule has 5 heteroatoms. The summed E-state index contributed by atoms with van der Waals surface area (Å²) in [7, 11) is 0. The number of benzene rings is 1. The smallest absolute Gasteiger partial charge is 0.137 e. The third-order valence-corrected chi connectivity index (χ3v) is 2.61. The van der Waals surface area contributed by atoms with E-state index in [1.807, 2.05) is 19.2 Å². The molecular formula is C13H21FNO3+. The molecule has 0 saturated carbocycles. The predicted molar refractivity (Wildman–Crippen MR) is 65.9 cm³/mol. The molecule has 1 atom stereocenters. The molecule has 0 amide bonds. The van der Waals surface area contributed by atoms with Gasteiger partial charge in [-0.25, -0.2) is 4.39 Å². The minimum absolute atomic E-state index is 0.0402. The Bertz CT molecular complexity index is 354. The van der Waals surface area contributed by atoms with Gasteiger partial charge in [-0.1, -0.05) is 0 Å². The lowest BCUT2D eigenvalue weighted by molar-refractivity contribution is -0.727. The lowest BCUT2D eigenvalue weighted by Crippen LogP contribution is -2.97. The van der Waals surface area contributed by atoms with E-state index in [1.54, 1.807) is 0 Å². The van der Waals surface area contributed by atoms with Crippen LogP contribution >= 0.6 is 0 Å². The second-order valence-electron chi connectivity index (χ2n) is 5.01. The first-order chi connectivity index (χ1) is 8.43. The van der Waals surface area contributed by atoms with Crippen molar-refractivity contribution in [3.63, 3.8) is 0 Å². The molecule has 4 N–H and O–H groups in total. The van der Waals surface area contributed by atoms with E-state index in [2.05, 4.69) is 0 Å². The minimum Gasteiger partial charge on any atom is -0.491 e. The Labute approximate surface area is 106 Å². The highest BCUT2D eigenvalue weighted by Gasteiger charge is 2.21. The highest BCUT2D eigenvalue weighted by molar-refractivity contribution is 5.22. The lowest BCUT2D eigenvalue weighted by Gasteiger charge is -2.21. The average Bonchev–Trinajstić information content (AvgIpc) is 2.36. The van der Waals surface area contributed by atoms with E-state index in [-0.39, 0.29) is 24.6 Å². The van der Waals surface area contributed by atoms with Crippen molar-refractivity contribution in [2.24, 2.45) is 0 Å². The molecule has 0 saturated heterocycles. The van der Waals surface area contributed by atoms with Crippen molar-refractivity contribution in [1.29, 1.82) is 0 Å². The van der Waals surface area contributed by atoms with Gasteiger partial charge in [-0.05, 0) is 38.1 Å². The molecule has 0 aliphatic rings. The average molecular weight is 258 g/mol. The van der Waals surface area contributed by atoms with Crippen LogP contribution < -0.4 is 10.1 Å². The minimum atomic E-state index is -0.638. The quantitative estimate of drug-likeness (QED) is 0.640. The Morgan fingerprint density at radius 1 is 1.33 bits per heavy atom. The molecule has 1 aromatic carbocycles. The van der Waals surface area contributed by atoms with Gasteiger partial charge in [0.05, 0.1) is 6.61 Å². The Balaban J connectivity index is 2.29. The Morgan fingerprint density at radius 3 is 2.50 bits per heavy atom. The molecule has 1 aromatic rings. The number of aliphatic hydroxyl groups is 2. The maximum atomic E-state index is 12.6. The highest BCUT2D eigenvalue weighted by Crippen LogP contribution is 2.10. The zero-order valence-electron chi connectivity index (χ0n) is 10.8. The Morgan fingerprint density at radius 2 is 1.94 bits per heavy atom. The summed E-state index contributed by atoms with van der Waals surface area (Å²) in [6.07, 6.45) is -0.638. The van der Waals surface area contributed by atoms with Crippen LogP contribution in [0, 0.1) is 5.82 Å². The summed E-state index contributed by atoms with van der Waals surface area (Å²) in [5.41, 5.74) is -0.309. The van der Waals surface area contributed by atoms with Gasteiger partial charge in [-0.3, -0.25) is 0 Å². The number of rotatable bonds is 7. The summed E-state index contributed by atoms with van der Waals surface area (Å²) in [5, 5.41) is 20.6. The predicted octanol–water partition coefficient (Wildman–Crippen LogP) is -0.100. The van der Waals surface area contributed by atoms with Gasteiger partial charge in [0.15, 0.2) is 0 Å². The summed E-state index contributed by atoms with van der Waals surface area (Å²) in [4.78, 5) is 0. The van der Waals surface area contributed by atoms with Crippen LogP contribution in [0.25, 0.3) is 0 Å². The van der Waals surface area contributed by atoms with Crippen LogP contribution in [0.5, 0.6) is 5.75 Å². The summed E-state index contributed by atoms with van der Waals surface area (Å²) >= 11 is 0. The lowest BCUT2D eigenvalue weighted by atomic mass is 10.1.